The molecule has 0 heterocycles. The van der Waals surface area contributed by atoms with Gasteiger partial charge >= 0.3 is 5.97 Å². The van der Waals surface area contributed by atoms with Crippen LogP contribution in [0.5, 0.6) is 0 Å². The first-order chi connectivity index (χ1) is 13.2. The van der Waals surface area contributed by atoms with Crippen LogP contribution in [0.4, 0.5) is 0 Å². The second kappa shape index (κ2) is 7.27. The highest BCUT2D eigenvalue weighted by molar-refractivity contribution is 5.66. The van der Waals surface area contributed by atoms with Crippen LogP contribution in [-0.2, 0) is 4.79 Å². The summed E-state index contributed by atoms with van der Waals surface area (Å²) in [5.41, 5.74) is 0.216. The van der Waals surface area contributed by atoms with Crippen LogP contribution >= 0.6 is 0 Å². The lowest BCUT2D eigenvalue weighted by atomic mass is 9.43. The molecule has 0 aliphatic heterocycles. The van der Waals surface area contributed by atoms with Crippen LogP contribution in [0.3, 0.4) is 0 Å². The quantitative estimate of drug-likeness (QED) is 0.659. The van der Waals surface area contributed by atoms with E-state index in [2.05, 4.69) is 20.8 Å². The van der Waals surface area contributed by atoms with Crippen molar-refractivity contribution in [2.45, 2.75) is 97.2 Å². The zero-order valence-electron chi connectivity index (χ0n) is 17.9. The molecule has 4 heteroatoms. The van der Waals surface area contributed by atoms with E-state index in [9.17, 15) is 15.0 Å². The Labute approximate surface area is 170 Å². The maximum atomic E-state index is 11.5. The first kappa shape index (κ1) is 20.7. The molecule has 28 heavy (non-hydrogen) atoms. The molecule has 0 bridgehead atoms. The molecular formula is C24H40O4. The summed E-state index contributed by atoms with van der Waals surface area (Å²) in [5, 5.41) is 30.8. The number of carboxylic acids is 1. The predicted molar refractivity (Wildman–Crippen MR) is 109 cm³/mol. The van der Waals surface area contributed by atoms with Crippen molar-refractivity contribution in [3.05, 3.63) is 0 Å². The van der Waals surface area contributed by atoms with Crippen molar-refractivity contribution in [1.82, 2.24) is 0 Å². The van der Waals surface area contributed by atoms with E-state index in [1.807, 2.05) is 0 Å². The molecule has 4 saturated carbocycles. The number of carbonyl (C=O) groups is 1. The Morgan fingerprint density at radius 2 is 1.79 bits per heavy atom. The van der Waals surface area contributed by atoms with Gasteiger partial charge in [-0.3, -0.25) is 4.79 Å². The molecule has 4 rings (SSSR count). The normalized spacial score (nSPS) is 51.7. The number of fused-ring (bicyclic) bond motifs is 5. The lowest BCUT2D eigenvalue weighted by Gasteiger charge is -2.62. The summed E-state index contributed by atoms with van der Waals surface area (Å²) in [6, 6.07) is 0. The Hall–Kier alpha value is -0.610. The largest absolute Gasteiger partial charge is 0.481 e. The molecule has 0 amide bonds. The molecule has 0 spiro atoms. The maximum absolute atomic E-state index is 11.5. The summed E-state index contributed by atoms with van der Waals surface area (Å²) in [7, 11) is 0. The van der Waals surface area contributed by atoms with Crippen molar-refractivity contribution < 1.29 is 20.1 Å². The number of carboxylic acid groups (broad SMARTS) is 1. The standard InChI is InChI=1S/C24H40O4/c1-14(4-9-22(27)28)18-7-8-19-17-6-5-15-12-16(25)10-11-23(15,2)20(17)13-21(26)24(18,19)3/h14-21,25-26H,4-13H2,1-3H3,(H,27,28)/t14-,15-,16-,17+,18?,19?,20?,21+,23+,24-/m1/s1. The zero-order valence-corrected chi connectivity index (χ0v) is 17.9. The van der Waals surface area contributed by atoms with Gasteiger partial charge in [-0.15, -0.1) is 0 Å². The molecule has 160 valence electrons. The summed E-state index contributed by atoms with van der Waals surface area (Å²) in [5.74, 6) is 2.55. The average Bonchev–Trinajstić information content (AvgIpc) is 3.00. The fraction of sp³-hybridized carbons (Fsp3) is 0.958. The minimum absolute atomic E-state index is 0.0591. The van der Waals surface area contributed by atoms with Crippen molar-refractivity contribution in [2.24, 2.45) is 46.3 Å². The van der Waals surface area contributed by atoms with Gasteiger partial charge in [-0.05, 0) is 104 Å². The van der Waals surface area contributed by atoms with Crippen LogP contribution in [-0.4, -0.2) is 33.5 Å². The topological polar surface area (TPSA) is 77.8 Å². The molecule has 10 atom stereocenters. The van der Waals surface area contributed by atoms with Gasteiger partial charge in [0.2, 0.25) is 0 Å². The van der Waals surface area contributed by atoms with Gasteiger partial charge < -0.3 is 15.3 Å². The molecule has 0 saturated heterocycles. The SMILES string of the molecule is C[C@H](CCC(=O)O)C1CCC2[C@@H]3CC[C@@H]4C[C@H](O)CC[C@]4(C)C3C[C@H](O)[C@@]21C. The molecule has 0 aromatic rings. The van der Waals surface area contributed by atoms with Gasteiger partial charge in [0.15, 0.2) is 0 Å². The molecule has 3 N–H and O–H groups in total. The molecule has 4 aliphatic carbocycles. The summed E-state index contributed by atoms with van der Waals surface area (Å²) in [6.45, 7) is 6.99. The Bertz CT molecular complexity index is 605. The second-order valence-corrected chi connectivity index (χ2v) is 11.3. The van der Waals surface area contributed by atoms with E-state index in [-0.39, 0.29) is 29.5 Å². The van der Waals surface area contributed by atoms with Gasteiger partial charge in [0.1, 0.15) is 0 Å². The maximum Gasteiger partial charge on any atom is 0.303 e. The Balaban J connectivity index is 1.56. The zero-order chi connectivity index (χ0) is 20.3. The highest BCUT2D eigenvalue weighted by Gasteiger charge is 2.63. The highest BCUT2D eigenvalue weighted by atomic mass is 16.4. The second-order valence-electron chi connectivity index (χ2n) is 11.3. The molecule has 4 aliphatic rings. The third kappa shape index (κ3) is 3.05. The van der Waals surface area contributed by atoms with E-state index in [0.717, 1.165) is 38.5 Å². The smallest absolute Gasteiger partial charge is 0.303 e. The van der Waals surface area contributed by atoms with E-state index < -0.39 is 5.97 Å². The lowest BCUT2D eigenvalue weighted by Crippen LogP contribution is -2.58. The van der Waals surface area contributed by atoms with Gasteiger partial charge in [-0.25, -0.2) is 0 Å². The number of hydrogen-bond acceptors (Lipinski definition) is 3. The van der Waals surface area contributed by atoms with Crippen molar-refractivity contribution in [3.63, 3.8) is 0 Å². The molecular weight excluding hydrogens is 352 g/mol. The van der Waals surface area contributed by atoms with E-state index >= 15 is 0 Å². The summed E-state index contributed by atoms with van der Waals surface area (Å²) >= 11 is 0. The number of aliphatic hydroxyl groups is 2. The Morgan fingerprint density at radius 1 is 1.04 bits per heavy atom. The summed E-state index contributed by atoms with van der Waals surface area (Å²) in [4.78, 5) is 11.1. The van der Waals surface area contributed by atoms with Gasteiger partial charge in [-0.1, -0.05) is 20.8 Å². The summed E-state index contributed by atoms with van der Waals surface area (Å²) < 4.78 is 0. The number of hydrogen-bond donors (Lipinski definition) is 3. The van der Waals surface area contributed by atoms with Crippen molar-refractivity contribution >= 4 is 5.97 Å². The first-order valence-corrected chi connectivity index (χ1v) is 11.8. The monoisotopic (exact) mass is 392 g/mol. The fourth-order valence-corrected chi connectivity index (χ4v) is 8.71. The van der Waals surface area contributed by atoms with Crippen LogP contribution in [0.15, 0.2) is 0 Å². The van der Waals surface area contributed by atoms with E-state index in [0.29, 0.717) is 35.5 Å². The average molecular weight is 393 g/mol. The van der Waals surface area contributed by atoms with Gasteiger partial charge in [0.25, 0.3) is 0 Å². The molecule has 4 fully saturated rings. The minimum Gasteiger partial charge on any atom is -0.481 e. The highest BCUT2D eigenvalue weighted by Crippen LogP contribution is 2.68. The van der Waals surface area contributed by atoms with Crippen LogP contribution in [0.25, 0.3) is 0 Å². The van der Waals surface area contributed by atoms with Crippen LogP contribution < -0.4 is 0 Å². The fourth-order valence-electron chi connectivity index (χ4n) is 8.71. The Kier molecular flexibility index (Phi) is 5.36. The van der Waals surface area contributed by atoms with Crippen molar-refractivity contribution in [2.75, 3.05) is 0 Å². The molecule has 0 aromatic carbocycles. The molecule has 0 aromatic heterocycles. The van der Waals surface area contributed by atoms with E-state index in [1.54, 1.807) is 0 Å². The van der Waals surface area contributed by atoms with Crippen molar-refractivity contribution in [1.29, 1.82) is 0 Å². The van der Waals surface area contributed by atoms with Crippen LogP contribution in [0.1, 0.15) is 85.0 Å². The summed E-state index contributed by atoms with van der Waals surface area (Å²) in [6.07, 6.45) is 9.26. The van der Waals surface area contributed by atoms with E-state index in [4.69, 9.17) is 5.11 Å². The molecule has 4 nitrogen and oxygen atoms in total. The third-order valence-corrected chi connectivity index (χ3v) is 10.3. The number of rotatable bonds is 4. The number of aliphatic hydroxyl groups excluding tert-OH is 2. The Morgan fingerprint density at radius 3 is 2.50 bits per heavy atom. The van der Waals surface area contributed by atoms with E-state index in [1.165, 1.54) is 19.3 Å². The van der Waals surface area contributed by atoms with Gasteiger partial charge in [0, 0.05) is 6.42 Å². The first-order valence-electron chi connectivity index (χ1n) is 11.8. The third-order valence-electron chi connectivity index (χ3n) is 10.3. The van der Waals surface area contributed by atoms with Gasteiger partial charge in [0.05, 0.1) is 12.2 Å². The molecule has 3 unspecified atom stereocenters. The molecule has 0 radical (unpaired) electrons. The van der Waals surface area contributed by atoms with Crippen LogP contribution in [0.2, 0.25) is 0 Å². The lowest BCUT2D eigenvalue weighted by molar-refractivity contribution is -0.175. The van der Waals surface area contributed by atoms with Crippen molar-refractivity contribution in [3.8, 4) is 0 Å². The minimum atomic E-state index is -0.707. The predicted octanol–water partition coefficient (Wildman–Crippen LogP) is 4.48. The van der Waals surface area contributed by atoms with Gasteiger partial charge in [-0.2, -0.15) is 0 Å². The van der Waals surface area contributed by atoms with Crippen LogP contribution in [0, 0.1) is 46.3 Å². The number of aliphatic carboxylic acids is 1.